The topological polar surface area (TPSA) is 68.0 Å². The summed E-state index contributed by atoms with van der Waals surface area (Å²) < 4.78 is 0. The van der Waals surface area contributed by atoms with Crippen LogP contribution in [0.2, 0.25) is 0 Å². The molecule has 4 nitrogen and oxygen atoms in total. The fourth-order valence-electron chi connectivity index (χ4n) is 1.74. The SMILES string of the molecule is NCC#Cc1cccnc1C(=O)NC1CCSC1. The Balaban J connectivity index is 2.13. The quantitative estimate of drug-likeness (QED) is 0.766. The Morgan fingerprint density at radius 1 is 1.67 bits per heavy atom. The molecule has 3 N–H and O–H groups in total. The van der Waals surface area contributed by atoms with E-state index >= 15 is 0 Å². The van der Waals surface area contributed by atoms with E-state index in [9.17, 15) is 4.79 Å². The normalized spacial score (nSPS) is 17.9. The Labute approximate surface area is 111 Å². The minimum Gasteiger partial charge on any atom is -0.347 e. The minimum atomic E-state index is -0.149. The van der Waals surface area contributed by atoms with Crippen LogP contribution in [0.15, 0.2) is 18.3 Å². The molecule has 0 saturated carbocycles. The molecule has 0 aliphatic carbocycles. The highest BCUT2D eigenvalue weighted by atomic mass is 32.2. The van der Waals surface area contributed by atoms with Crippen LogP contribution in [0.25, 0.3) is 0 Å². The van der Waals surface area contributed by atoms with Gasteiger partial charge in [0.1, 0.15) is 5.69 Å². The maximum absolute atomic E-state index is 12.1. The van der Waals surface area contributed by atoms with E-state index in [4.69, 9.17) is 5.73 Å². The number of hydrogen-bond donors (Lipinski definition) is 2. The van der Waals surface area contributed by atoms with Crippen molar-refractivity contribution in [1.29, 1.82) is 0 Å². The molecule has 2 heterocycles. The molecule has 1 aromatic heterocycles. The number of rotatable bonds is 2. The molecule has 1 atom stereocenters. The second-order valence-corrected chi connectivity index (χ2v) is 5.09. The van der Waals surface area contributed by atoms with Gasteiger partial charge < -0.3 is 11.1 Å². The number of nitrogens with zero attached hydrogens (tertiary/aromatic N) is 1. The number of thioether (sulfide) groups is 1. The number of carbonyl (C=O) groups is 1. The fourth-order valence-corrected chi connectivity index (χ4v) is 2.89. The molecule has 0 radical (unpaired) electrons. The van der Waals surface area contributed by atoms with Gasteiger partial charge in [-0.2, -0.15) is 11.8 Å². The van der Waals surface area contributed by atoms with Gasteiger partial charge in [-0.25, -0.2) is 4.98 Å². The third-order valence-electron chi connectivity index (χ3n) is 2.61. The number of pyridine rings is 1. The molecule has 1 aliphatic heterocycles. The van der Waals surface area contributed by atoms with Crippen LogP contribution >= 0.6 is 11.8 Å². The molecule has 5 heteroatoms. The van der Waals surface area contributed by atoms with Gasteiger partial charge in [0.05, 0.1) is 12.1 Å². The van der Waals surface area contributed by atoms with Crippen molar-refractivity contribution in [3.8, 4) is 11.8 Å². The molecule has 1 fully saturated rings. The average molecular weight is 261 g/mol. The van der Waals surface area contributed by atoms with E-state index in [-0.39, 0.29) is 18.5 Å². The van der Waals surface area contributed by atoms with Gasteiger partial charge in [-0.15, -0.1) is 0 Å². The number of carbonyl (C=O) groups excluding carboxylic acids is 1. The van der Waals surface area contributed by atoms with E-state index in [1.807, 2.05) is 11.8 Å². The van der Waals surface area contributed by atoms with Crippen LogP contribution in [0.4, 0.5) is 0 Å². The molecular formula is C13H15N3OS. The summed E-state index contributed by atoms with van der Waals surface area (Å²) in [5.41, 5.74) is 6.35. The van der Waals surface area contributed by atoms with Crippen molar-refractivity contribution < 1.29 is 4.79 Å². The van der Waals surface area contributed by atoms with Crippen molar-refractivity contribution in [2.45, 2.75) is 12.5 Å². The van der Waals surface area contributed by atoms with E-state index in [0.717, 1.165) is 17.9 Å². The first-order valence-corrected chi connectivity index (χ1v) is 6.99. The fraction of sp³-hybridized carbons (Fsp3) is 0.385. The van der Waals surface area contributed by atoms with E-state index in [2.05, 4.69) is 22.1 Å². The minimum absolute atomic E-state index is 0.149. The van der Waals surface area contributed by atoms with Crippen molar-refractivity contribution in [1.82, 2.24) is 10.3 Å². The molecule has 1 aliphatic rings. The summed E-state index contributed by atoms with van der Waals surface area (Å²) in [7, 11) is 0. The van der Waals surface area contributed by atoms with Crippen LogP contribution in [0.3, 0.4) is 0 Å². The molecule has 94 valence electrons. The summed E-state index contributed by atoms with van der Waals surface area (Å²) >= 11 is 1.86. The smallest absolute Gasteiger partial charge is 0.271 e. The molecule has 1 aromatic rings. The molecule has 0 aromatic carbocycles. The van der Waals surface area contributed by atoms with Gasteiger partial charge in [0, 0.05) is 18.0 Å². The van der Waals surface area contributed by atoms with Gasteiger partial charge in [0.2, 0.25) is 0 Å². The van der Waals surface area contributed by atoms with Gasteiger partial charge in [0.25, 0.3) is 5.91 Å². The first-order chi connectivity index (χ1) is 8.81. The van der Waals surface area contributed by atoms with Crippen LogP contribution in [-0.2, 0) is 0 Å². The number of hydrogen-bond acceptors (Lipinski definition) is 4. The molecule has 2 rings (SSSR count). The lowest BCUT2D eigenvalue weighted by molar-refractivity contribution is 0.0936. The molecule has 1 saturated heterocycles. The molecule has 18 heavy (non-hydrogen) atoms. The van der Waals surface area contributed by atoms with Crippen LogP contribution in [0.1, 0.15) is 22.5 Å². The number of amides is 1. The second kappa shape index (κ2) is 6.43. The maximum Gasteiger partial charge on any atom is 0.271 e. The third kappa shape index (κ3) is 3.25. The van der Waals surface area contributed by atoms with Crippen molar-refractivity contribution in [2.24, 2.45) is 5.73 Å². The summed E-state index contributed by atoms with van der Waals surface area (Å²) in [6.45, 7) is 0.273. The molecule has 1 unspecified atom stereocenters. The van der Waals surface area contributed by atoms with Gasteiger partial charge >= 0.3 is 0 Å². The number of aromatic nitrogens is 1. The zero-order valence-electron chi connectivity index (χ0n) is 9.98. The average Bonchev–Trinajstić information content (AvgIpc) is 2.89. The molecule has 1 amide bonds. The lowest BCUT2D eigenvalue weighted by Crippen LogP contribution is -2.35. The van der Waals surface area contributed by atoms with Gasteiger partial charge in [-0.05, 0) is 24.3 Å². The number of nitrogens with one attached hydrogen (secondary N) is 1. The zero-order chi connectivity index (χ0) is 12.8. The summed E-state index contributed by atoms with van der Waals surface area (Å²) in [6, 6.07) is 3.80. The van der Waals surface area contributed by atoms with Crippen molar-refractivity contribution in [2.75, 3.05) is 18.1 Å². The van der Waals surface area contributed by atoms with Crippen LogP contribution in [-0.4, -0.2) is 35.0 Å². The van der Waals surface area contributed by atoms with Gasteiger partial charge in [-0.1, -0.05) is 11.8 Å². The Bertz CT molecular complexity index is 486. The molecular weight excluding hydrogens is 246 g/mol. The third-order valence-corrected chi connectivity index (χ3v) is 3.78. The predicted molar refractivity (Wildman–Crippen MR) is 73.4 cm³/mol. The highest BCUT2D eigenvalue weighted by Crippen LogP contribution is 2.17. The predicted octanol–water partition coefficient (Wildman–Crippen LogP) is 0.627. The van der Waals surface area contributed by atoms with E-state index in [1.54, 1.807) is 18.3 Å². The largest absolute Gasteiger partial charge is 0.347 e. The highest BCUT2D eigenvalue weighted by molar-refractivity contribution is 7.99. The van der Waals surface area contributed by atoms with Crippen LogP contribution < -0.4 is 11.1 Å². The molecule has 0 spiro atoms. The van der Waals surface area contributed by atoms with Crippen molar-refractivity contribution in [3.63, 3.8) is 0 Å². The van der Waals surface area contributed by atoms with Gasteiger partial charge in [0.15, 0.2) is 0 Å². The first-order valence-electron chi connectivity index (χ1n) is 5.84. The monoisotopic (exact) mass is 261 g/mol. The number of nitrogens with two attached hydrogens (primary N) is 1. The zero-order valence-corrected chi connectivity index (χ0v) is 10.8. The first kappa shape index (κ1) is 12.9. The van der Waals surface area contributed by atoms with Gasteiger partial charge in [-0.3, -0.25) is 4.79 Å². The lowest BCUT2D eigenvalue weighted by atomic mass is 10.1. The van der Waals surface area contributed by atoms with Crippen LogP contribution in [0.5, 0.6) is 0 Å². The second-order valence-electron chi connectivity index (χ2n) is 3.94. The van der Waals surface area contributed by atoms with Crippen molar-refractivity contribution in [3.05, 3.63) is 29.6 Å². The Kier molecular flexibility index (Phi) is 4.62. The maximum atomic E-state index is 12.1. The van der Waals surface area contributed by atoms with E-state index < -0.39 is 0 Å². The van der Waals surface area contributed by atoms with Crippen LogP contribution in [0, 0.1) is 11.8 Å². The van der Waals surface area contributed by atoms with E-state index in [0.29, 0.717) is 11.3 Å². The Hall–Kier alpha value is -1.51. The summed E-state index contributed by atoms with van der Waals surface area (Å²) in [4.78, 5) is 16.2. The standard InChI is InChI=1S/C13H15N3OS/c14-6-1-3-10-4-2-7-15-12(10)13(17)16-11-5-8-18-9-11/h2,4,7,11H,5-6,8-9,14H2,(H,16,17). The summed E-state index contributed by atoms with van der Waals surface area (Å²) in [5, 5.41) is 2.99. The Morgan fingerprint density at radius 3 is 3.28 bits per heavy atom. The summed E-state index contributed by atoms with van der Waals surface area (Å²) in [6.07, 6.45) is 2.62. The Morgan fingerprint density at radius 2 is 2.56 bits per heavy atom. The van der Waals surface area contributed by atoms with E-state index in [1.165, 1.54) is 0 Å². The summed E-state index contributed by atoms with van der Waals surface area (Å²) in [5.74, 6) is 7.55. The molecule has 0 bridgehead atoms. The highest BCUT2D eigenvalue weighted by Gasteiger charge is 2.20. The lowest BCUT2D eigenvalue weighted by Gasteiger charge is -2.11. The van der Waals surface area contributed by atoms with Crippen molar-refractivity contribution >= 4 is 17.7 Å².